The van der Waals surface area contributed by atoms with E-state index in [1.807, 2.05) is 48.0 Å². The third-order valence-electron chi connectivity index (χ3n) is 4.83. The van der Waals surface area contributed by atoms with Crippen molar-refractivity contribution in [3.05, 3.63) is 88.3 Å². The topological polar surface area (TPSA) is 52.7 Å². The van der Waals surface area contributed by atoms with Crippen LogP contribution in [0.4, 0.5) is 0 Å². The van der Waals surface area contributed by atoms with Gasteiger partial charge in [-0.15, -0.1) is 0 Å². The first-order valence-electron chi connectivity index (χ1n) is 8.45. The van der Waals surface area contributed by atoms with E-state index in [9.17, 15) is 4.79 Å². The van der Waals surface area contributed by atoms with Crippen molar-refractivity contribution in [3.8, 4) is 0 Å². The summed E-state index contributed by atoms with van der Waals surface area (Å²) in [4.78, 5) is 18.0. The molecule has 1 aliphatic rings. The molecule has 0 fully saturated rings. The van der Waals surface area contributed by atoms with Gasteiger partial charge in [0.25, 0.3) is 5.56 Å². The lowest BCUT2D eigenvalue weighted by Gasteiger charge is -2.21. The first-order chi connectivity index (χ1) is 12.7. The molecule has 128 valence electrons. The van der Waals surface area contributed by atoms with Crippen LogP contribution in [0.3, 0.4) is 0 Å². The molecule has 0 aliphatic carbocycles. The minimum Gasteiger partial charge on any atom is -0.278 e. The molecule has 1 aliphatic heterocycles. The minimum absolute atomic E-state index is 0.0297. The molecule has 0 spiro atoms. The summed E-state index contributed by atoms with van der Waals surface area (Å²) in [5.74, 6) is 0. The molecule has 4 aromatic rings. The van der Waals surface area contributed by atoms with Gasteiger partial charge in [0.15, 0.2) is 10.8 Å². The molecule has 2 aromatic heterocycles. The molecule has 0 N–H and O–H groups in total. The van der Waals surface area contributed by atoms with Crippen LogP contribution in [0.1, 0.15) is 22.4 Å². The third kappa shape index (κ3) is 2.22. The van der Waals surface area contributed by atoms with E-state index in [0.29, 0.717) is 11.0 Å². The summed E-state index contributed by atoms with van der Waals surface area (Å²) in [6.07, 6.45) is 1.61. The van der Waals surface area contributed by atoms with Crippen molar-refractivity contribution in [1.82, 2.24) is 19.3 Å². The molecule has 2 aromatic carbocycles. The zero-order valence-corrected chi connectivity index (χ0v) is 14.9. The Kier molecular flexibility index (Phi) is 3.46. The van der Waals surface area contributed by atoms with Crippen LogP contribution in [0.2, 0.25) is 0 Å². The van der Waals surface area contributed by atoms with Gasteiger partial charge in [0, 0.05) is 7.05 Å². The van der Waals surface area contributed by atoms with Crippen LogP contribution in [-0.2, 0) is 7.05 Å². The number of hydrogen-bond acceptors (Lipinski definition) is 4. The fraction of sp³-hybridized carbons (Fsp3) is 0.150. The monoisotopic (exact) mass is 360 g/mol. The van der Waals surface area contributed by atoms with Gasteiger partial charge in [-0.1, -0.05) is 72.4 Å². The molecule has 2 unspecified atom stereocenters. The van der Waals surface area contributed by atoms with Crippen LogP contribution < -0.4 is 5.56 Å². The van der Waals surface area contributed by atoms with Crippen LogP contribution in [0.25, 0.3) is 11.0 Å². The summed E-state index contributed by atoms with van der Waals surface area (Å²) in [6.45, 7) is 0. The average Bonchev–Trinajstić information content (AvgIpc) is 3.25. The van der Waals surface area contributed by atoms with Gasteiger partial charge < -0.3 is 0 Å². The van der Waals surface area contributed by atoms with Crippen molar-refractivity contribution in [2.75, 3.05) is 0 Å². The van der Waals surface area contributed by atoms with E-state index in [1.54, 1.807) is 22.6 Å². The molecule has 2 atom stereocenters. The van der Waals surface area contributed by atoms with Gasteiger partial charge in [0.05, 0.1) is 17.5 Å². The Labute approximate surface area is 154 Å². The predicted octanol–water partition coefficient (Wildman–Crippen LogP) is 3.57. The number of aryl methyl sites for hydroxylation is 1. The maximum Gasteiger partial charge on any atom is 0.265 e. The Bertz CT molecular complexity index is 1150. The van der Waals surface area contributed by atoms with E-state index in [1.165, 1.54) is 5.56 Å². The molecule has 0 bridgehead atoms. The lowest BCUT2D eigenvalue weighted by atomic mass is 9.98. The first-order valence-corrected chi connectivity index (χ1v) is 9.33. The number of nitrogens with zero attached hydrogens (tertiary/aromatic N) is 4. The van der Waals surface area contributed by atoms with Crippen LogP contribution in [-0.4, -0.2) is 19.3 Å². The molecular formula is C20H16N4OS. The Balaban J connectivity index is 1.78. The van der Waals surface area contributed by atoms with Gasteiger partial charge in [0.2, 0.25) is 0 Å². The zero-order valence-electron chi connectivity index (χ0n) is 14.1. The van der Waals surface area contributed by atoms with E-state index < -0.39 is 0 Å². The lowest BCUT2D eigenvalue weighted by Crippen LogP contribution is -2.26. The highest BCUT2D eigenvalue weighted by atomic mass is 32.2. The Morgan fingerprint density at radius 1 is 0.962 bits per heavy atom. The number of fused-ring (bicyclic) bond motifs is 2. The molecule has 5 nitrogen and oxygen atoms in total. The van der Waals surface area contributed by atoms with Crippen molar-refractivity contribution in [2.24, 2.45) is 7.05 Å². The normalized spacial score (nSPS) is 19.0. The molecule has 0 saturated heterocycles. The molecule has 0 radical (unpaired) electrons. The maximum atomic E-state index is 13.3. The zero-order chi connectivity index (χ0) is 17.7. The fourth-order valence-corrected chi connectivity index (χ4v) is 4.96. The van der Waals surface area contributed by atoms with Crippen LogP contribution in [0.5, 0.6) is 0 Å². The summed E-state index contributed by atoms with van der Waals surface area (Å²) < 4.78 is 3.49. The van der Waals surface area contributed by atoms with E-state index >= 15 is 0 Å². The Morgan fingerprint density at radius 3 is 2.31 bits per heavy atom. The molecule has 26 heavy (non-hydrogen) atoms. The maximum absolute atomic E-state index is 13.3. The Morgan fingerprint density at radius 2 is 1.62 bits per heavy atom. The van der Waals surface area contributed by atoms with Gasteiger partial charge in [-0.05, 0) is 11.1 Å². The quantitative estimate of drug-likeness (QED) is 0.513. The lowest BCUT2D eigenvalue weighted by molar-refractivity contribution is 0.530. The van der Waals surface area contributed by atoms with Gasteiger partial charge in [-0.2, -0.15) is 5.10 Å². The summed E-state index contributed by atoms with van der Waals surface area (Å²) in [7, 11) is 1.81. The first kappa shape index (κ1) is 15.4. The van der Waals surface area contributed by atoms with Crippen molar-refractivity contribution >= 4 is 22.8 Å². The Hall–Kier alpha value is -2.86. The van der Waals surface area contributed by atoms with Gasteiger partial charge >= 0.3 is 0 Å². The highest BCUT2D eigenvalue weighted by Gasteiger charge is 2.38. The molecule has 6 heteroatoms. The van der Waals surface area contributed by atoms with Crippen molar-refractivity contribution in [3.63, 3.8) is 0 Å². The van der Waals surface area contributed by atoms with Crippen molar-refractivity contribution < 1.29 is 0 Å². The summed E-state index contributed by atoms with van der Waals surface area (Å²) in [6, 6.07) is 20.4. The van der Waals surface area contributed by atoms with Crippen LogP contribution >= 0.6 is 11.8 Å². The van der Waals surface area contributed by atoms with Crippen LogP contribution in [0, 0.1) is 0 Å². The molecule has 0 amide bonds. The second kappa shape index (κ2) is 5.85. The highest BCUT2D eigenvalue weighted by Crippen LogP contribution is 2.51. The van der Waals surface area contributed by atoms with E-state index in [0.717, 1.165) is 10.7 Å². The van der Waals surface area contributed by atoms with Crippen molar-refractivity contribution in [2.45, 2.75) is 16.4 Å². The third-order valence-corrected chi connectivity index (χ3v) is 6.11. The number of rotatable bonds is 2. The number of benzene rings is 2. The SMILES string of the molecule is Cn1ncc2c(=O)n3c(nc21)SC(c1ccccc1)C3c1ccccc1. The minimum atomic E-state index is -0.0943. The summed E-state index contributed by atoms with van der Waals surface area (Å²) >= 11 is 1.64. The van der Waals surface area contributed by atoms with Crippen LogP contribution in [0.15, 0.2) is 76.8 Å². The number of hydrogen-bond donors (Lipinski definition) is 0. The van der Waals surface area contributed by atoms with Crippen molar-refractivity contribution in [1.29, 1.82) is 0 Å². The smallest absolute Gasteiger partial charge is 0.265 e. The van der Waals surface area contributed by atoms with Gasteiger partial charge in [0.1, 0.15) is 5.39 Å². The number of aromatic nitrogens is 4. The molecular weight excluding hydrogens is 344 g/mol. The van der Waals surface area contributed by atoms with E-state index in [4.69, 9.17) is 4.98 Å². The predicted molar refractivity (Wildman–Crippen MR) is 102 cm³/mol. The molecule has 0 saturated carbocycles. The summed E-state index contributed by atoms with van der Waals surface area (Å²) in [5, 5.41) is 5.61. The molecule has 5 rings (SSSR count). The second-order valence-electron chi connectivity index (χ2n) is 6.38. The number of thioether (sulfide) groups is 1. The summed E-state index contributed by atoms with van der Waals surface area (Å²) in [5.41, 5.74) is 2.91. The van der Waals surface area contributed by atoms with Gasteiger partial charge in [-0.3, -0.25) is 14.0 Å². The largest absolute Gasteiger partial charge is 0.278 e. The van der Waals surface area contributed by atoms with Gasteiger partial charge in [-0.25, -0.2) is 4.98 Å². The highest BCUT2D eigenvalue weighted by molar-refractivity contribution is 7.99. The second-order valence-corrected chi connectivity index (χ2v) is 7.49. The fourth-order valence-electron chi connectivity index (χ4n) is 3.58. The molecule has 3 heterocycles. The standard InChI is InChI=1S/C20H16N4OS/c1-23-18-15(12-21-23)19(25)24-16(13-8-4-2-5-9-13)17(26-20(24)22-18)14-10-6-3-7-11-14/h2-12,16-17H,1H3. The van der Waals surface area contributed by atoms with E-state index in [2.05, 4.69) is 29.4 Å². The average molecular weight is 360 g/mol. The van der Waals surface area contributed by atoms with E-state index in [-0.39, 0.29) is 16.9 Å².